The van der Waals surface area contributed by atoms with Crippen LogP contribution in [-0.2, 0) is 4.74 Å². The lowest BCUT2D eigenvalue weighted by Gasteiger charge is -2.21. The molecule has 0 aromatic rings. The van der Waals surface area contributed by atoms with Gasteiger partial charge in [-0.2, -0.15) is 0 Å². The zero-order valence-corrected chi connectivity index (χ0v) is 8.18. The zero-order chi connectivity index (χ0) is 8.69. The molecular formula is C9H21NO. The van der Waals surface area contributed by atoms with Gasteiger partial charge in [-0.1, -0.05) is 13.8 Å². The summed E-state index contributed by atoms with van der Waals surface area (Å²) in [6.45, 7) is 5.35. The van der Waals surface area contributed by atoms with E-state index in [1.54, 1.807) is 7.11 Å². The largest absolute Gasteiger partial charge is 0.385 e. The summed E-state index contributed by atoms with van der Waals surface area (Å²) in [5.41, 5.74) is 0. The number of hydrogen-bond acceptors (Lipinski definition) is 2. The normalized spacial score (nSPS) is 16.4. The van der Waals surface area contributed by atoms with Gasteiger partial charge in [0.1, 0.15) is 0 Å². The van der Waals surface area contributed by atoms with Gasteiger partial charge in [0.2, 0.25) is 0 Å². The van der Waals surface area contributed by atoms with Gasteiger partial charge in [0.25, 0.3) is 0 Å². The molecule has 0 heterocycles. The van der Waals surface area contributed by atoms with E-state index in [9.17, 15) is 0 Å². The van der Waals surface area contributed by atoms with Gasteiger partial charge < -0.3 is 10.1 Å². The van der Waals surface area contributed by atoms with Crippen LogP contribution in [0, 0.1) is 5.92 Å². The molecular weight excluding hydrogens is 138 g/mol. The van der Waals surface area contributed by atoms with Crippen LogP contribution in [0.1, 0.15) is 26.7 Å². The van der Waals surface area contributed by atoms with E-state index >= 15 is 0 Å². The number of ether oxygens (including phenoxy) is 1. The number of rotatable bonds is 6. The van der Waals surface area contributed by atoms with E-state index < -0.39 is 0 Å². The van der Waals surface area contributed by atoms with Gasteiger partial charge in [-0.25, -0.2) is 0 Å². The fraction of sp³-hybridized carbons (Fsp3) is 1.00. The highest BCUT2D eigenvalue weighted by atomic mass is 16.5. The maximum Gasteiger partial charge on any atom is 0.0465 e. The number of methoxy groups -OCH3 is 1. The Hall–Kier alpha value is -0.0800. The Morgan fingerprint density at radius 3 is 2.45 bits per heavy atom. The molecule has 0 aromatic heterocycles. The second-order valence-electron chi connectivity index (χ2n) is 3.06. The van der Waals surface area contributed by atoms with Crippen LogP contribution in [0.5, 0.6) is 0 Å². The third-order valence-electron chi connectivity index (χ3n) is 2.27. The van der Waals surface area contributed by atoms with Crippen LogP contribution in [-0.4, -0.2) is 26.8 Å². The number of hydrogen-bond donors (Lipinski definition) is 1. The highest BCUT2D eigenvalue weighted by molar-refractivity contribution is 4.69. The van der Waals surface area contributed by atoms with E-state index in [1.807, 2.05) is 7.05 Å². The first-order chi connectivity index (χ1) is 5.26. The summed E-state index contributed by atoms with van der Waals surface area (Å²) in [6.07, 6.45) is 2.34. The van der Waals surface area contributed by atoms with Gasteiger partial charge in [0, 0.05) is 19.8 Å². The van der Waals surface area contributed by atoms with Crippen LogP contribution in [0.15, 0.2) is 0 Å². The first kappa shape index (κ1) is 10.9. The van der Waals surface area contributed by atoms with Gasteiger partial charge in [-0.15, -0.1) is 0 Å². The fourth-order valence-corrected chi connectivity index (χ4v) is 1.40. The van der Waals surface area contributed by atoms with Crippen molar-refractivity contribution in [2.45, 2.75) is 32.7 Å². The lowest BCUT2D eigenvalue weighted by molar-refractivity contribution is 0.170. The first-order valence-electron chi connectivity index (χ1n) is 4.42. The summed E-state index contributed by atoms with van der Waals surface area (Å²) in [6, 6.07) is 0.644. The Morgan fingerprint density at radius 1 is 1.45 bits per heavy atom. The fourth-order valence-electron chi connectivity index (χ4n) is 1.40. The molecule has 0 bridgehead atoms. The predicted octanol–water partition coefficient (Wildman–Crippen LogP) is 1.66. The van der Waals surface area contributed by atoms with E-state index in [2.05, 4.69) is 19.2 Å². The molecule has 2 heteroatoms. The van der Waals surface area contributed by atoms with E-state index in [-0.39, 0.29) is 0 Å². The summed E-state index contributed by atoms with van der Waals surface area (Å²) >= 11 is 0. The van der Waals surface area contributed by atoms with Crippen molar-refractivity contribution >= 4 is 0 Å². The smallest absolute Gasteiger partial charge is 0.0465 e. The molecule has 2 nitrogen and oxygen atoms in total. The summed E-state index contributed by atoms with van der Waals surface area (Å²) in [4.78, 5) is 0. The standard InChI is InChI=1S/C9H21NO/c1-5-9(10-3)8(2)6-7-11-4/h8-10H,5-7H2,1-4H3. The topological polar surface area (TPSA) is 21.3 Å². The van der Waals surface area contributed by atoms with Crippen LogP contribution in [0.2, 0.25) is 0 Å². The summed E-state index contributed by atoms with van der Waals surface area (Å²) in [5, 5.41) is 3.30. The van der Waals surface area contributed by atoms with Gasteiger partial charge in [-0.3, -0.25) is 0 Å². The van der Waals surface area contributed by atoms with Crippen molar-refractivity contribution < 1.29 is 4.74 Å². The van der Waals surface area contributed by atoms with Crippen LogP contribution in [0.3, 0.4) is 0 Å². The molecule has 0 aromatic carbocycles. The van der Waals surface area contributed by atoms with Gasteiger partial charge in [-0.05, 0) is 25.8 Å². The predicted molar refractivity (Wildman–Crippen MR) is 48.8 cm³/mol. The lowest BCUT2D eigenvalue weighted by Crippen LogP contribution is -2.31. The third kappa shape index (κ3) is 4.38. The molecule has 0 radical (unpaired) electrons. The molecule has 0 saturated heterocycles. The van der Waals surface area contributed by atoms with Gasteiger partial charge in [0.15, 0.2) is 0 Å². The molecule has 2 atom stereocenters. The molecule has 1 N–H and O–H groups in total. The molecule has 2 unspecified atom stereocenters. The van der Waals surface area contributed by atoms with Crippen molar-refractivity contribution in [1.29, 1.82) is 0 Å². The summed E-state index contributed by atoms with van der Waals surface area (Å²) in [7, 11) is 3.78. The van der Waals surface area contributed by atoms with Crippen LogP contribution in [0.4, 0.5) is 0 Å². The Labute approximate surface area is 70.3 Å². The summed E-state index contributed by atoms with van der Waals surface area (Å²) < 4.78 is 5.02. The minimum atomic E-state index is 0.644. The van der Waals surface area contributed by atoms with Crippen molar-refractivity contribution in [2.75, 3.05) is 20.8 Å². The Bertz CT molecular complexity index is 81.6. The van der Waals surface area contributed by atoms with Crippen molar-refractivity contribution in [3.8, 4) is 0 Å². The second-order valence-corrected chi connectivity index (χ2v) is 3.06. The lowest BCUT2D eigenvalue weighted by atomic mass is 9.97. The minimum Gasteiger partial charge on any atom is -0.385 e. The van der Waals surface area contributed by atoms with Crippen molar-refractivity contribution in [1.82, 2.24) is 5.32 Å². The molecule has 0 aliphatic heterocycles. The van der Waals surface area contributed by atoms with E-state index in [0.29, 0.717) is 12.0 Å². The molecule has 11 heavy (non-hydrogen) atoms. The van der Waals surface area contributed by atoms with E-state index in [0.717, 1.165) is 13.0 Å². The van der Waals surface area contributed by atoms with E-state index in [1.165, 1.54) is 6.42 Å². The van der Waals surface area contributed by atoms with Crippen LogP contribution in [0.25, 0.3) is 0 Å². The monoisotopic (exact) mass is 159 g/mol. The maximum atomic E-state index is 5.02. The minimum absolute atomic E-state index is 0.644. The van der Waals surface area contributed by atoms with Crippen molar-refractivity contribution in [3.63, 3.8) is 0 Å². The average Bonchev–Trinajstić information content (AvgIpc) is 2.03. The zero-order valence-electron chi connectivity index (χ0n) is 8.18. The van der Waals surface area contributed by atoms with E-state index in [4.69, 9.17) is 4.74 Å². The Balaban J connectivity index is 3.51. The molecule has 0 saturated carbocycles. The van der Waals surface area contributed by atoms with Crippen LogP contribution >= 0.6 is 0 Å². The summed E-state index contributed by atoms with van der Waals surface area (Å²) in [5.74, 6) is 0.713. The second kappa shape index (κ2) is 6.62. The quantitative estimate of drug-likeness (QED) is 0.636. The highest BCUT2D eigenvalue weighted by Crippen LogP contribution is 2.10. The molecule has 0 aliphatic rings. The molecule has 0 fully saturated rings. The Kier molecular flexibility index (Phi) is 6.57. The van der Waals surface area contributed by atoms with Gasteiger partial charge >= 0.3 is 0 Å². The number of nitrogens with one attached hydrogen (secondary N) is 1. The maximum absolute atomic E-state index is 5.02. The van der Waals surface area contributed by atoms with Crippen molar-refractivity contribution in [2.24, 2.45) is 5.92 Å². The molecule has 68 valence electrons. The third-order valence-corrected chi connectivity index (χ3v) is 2.27. The molecule has 0 aliphatic carbocycles. The SMILES string of the molecule is CCC(NC)C(C)CCOC. The molecule has 0 spiro atoms. The first-order valence-corrected chi connectivity index (χ1v) is 4.42. The average molecular weight is 159 g/mol. The Morgan fingerprint density at radius 2 is 2.09 bits per heavy atom. The van der Waals surface area contributed by atoms with Gasteiger partial charge in [0.05, 0.1) is 0 Å². The van der Waals surface area contributed by atoms with Crippen LogP contribution < -0.4 is 5.32 Å². The highest BCUT2D eigenvalue weighted by Gasteiger charge is 2.11. The van der Waals surface area contributed by atoms with Crippen molar-refractivity contribution in [3.05, 3.63) is 0 Å². The molecule has 0 amide bonds. The molecule has 0 rings (SSSR count).